The van der Waals surface area contributed by atoms with Gasteiger partial charge in [-0.1, -0.05) is 13.8 Å². The van der Waals surface area contributed by atoms with E-state index in [0.717, 1.165) is 0 Å². The number of fused-ring (bicyclic) bond motifs is 1. The second kappa shape index (κ2) is 6.47. The fourth-order valence-electron chi connectivity index (χ4n) is 1.73. The van der Waals surface area contributed by atoms with Crippen LogP contribution in [0.1, 0.15) is 20.8 Å². The molecular formula is C15H19NO5. The molecule has 0 fully saturated rings. The third kappa shape index (κ3) is 3.87. The van der Waals surface area contributed by atoms with Crippen LogP contribution >= 0.6 is 0 Å². The van der Waals surface area contributed by atoms with Crippen LogP contribution in [0.15, 0.2) is 18.2 Å². The minimum Gasteiger partial charge on any atom is -0.486 e. The van der Waals surface area contributed by atoms with Crippen LogP contribution in [0.3, 0.4) is 0 Å². The summed E-state index contributed by atoms with van der Waals surface area (Å²) in [6, 6.07) is 5.13. The summed E-state index contributed by atoms with van der Waals surface area (Å²) in [5.41, 5.74) is 0.566. The standard InChI is InChI=1S/C15H19NO5/c1-9(2)15(18)21-10(3)14(17)16-11-4-5-12-13(8-11)20-7-6-19-12/h4-5,8-10H,6-7H2,1-3H3,(H,16,17). The number of ether oxygens (including phenoxy) is 3. The van der Waals surface area contributed by atoms with Crippen LogP contribution in [-0.4, -0.2) is 31.2 Å². The van der Waals surface area contributed by atoms with E-state index in [1.807, 2.05) is 0 Å². The second-order valence-electron chi connectivity index (χ2n) is 5.08. The quantitative estimate of drug-likeness (QED) is 0.859. The molecule has 6 heteroatoms. The van der Waals surface area contributed by atoms with Crippen molar-refractivity contribution in [2.45, 2.75) is 26.9 Å². The summed E-state index contributed by atoms with van der Waals surface area (Å²) >= 11 is 0. The van der Waals surface area contributed by atoms with Crippen molar-refractivity contribution in [3.63, 3.8) is 0 Å². The first kappa shape index (κ1) is 15.2. The van der Waals surface area contributed by atoms with Gasteiger partial charge in [-0.2, -0.15) is 0 Å². The second-order valence-corrected chi connectivity index (χ2v) is 5.08. The van der Waals surface area contributed by atoms with Crippen LogP contribution in [0.4, 0.5) is 5.69 Å². The van der Waals surface area contributed by atoms with E-state index in [1.165, 1.54) is 6.92 Å². The SMILES string of the molecule is CC(C)C(=O)OC(C)C(=O)Nc1ccc2c(c1)OCCO2. The lowest BCUT2D eigenvalue weighted by Crippen LogP contribution is -2.31. The molecule has 1 heterocycles. The molecule has 2 rings (SSSR count). The molecule has 1 unspecified atom stereocenters. The van der Waals surface area contributed by atoms with Crippen molar-refractivity contribution in [1.29, 1.82) is 0 Å². The Labute approximate surface area is 123 Å². The van der Waals surface area contributed by atoms with Crippen LogP contribution in [-0.2, 0) is 14.3 Å². The van der Waals surface area contributed by atoms with Gasteiger partial charge in [0.25, 0.3) is 5.91 Å². The van der Waals surface area contributed by atoms with Crippen molar-refractivity contribution >= 4 is 17.6 Å². The molecule has 1 N–H and O–H groups in total. The Kier molecular flexibility index (Phi) is 4.67. The number of hydrogen-bond acceptors (Lipinski definition) is 5. The molecule has 0 bridgehead atoms. The summed E-state index contributed by atoms with van der Waals surface area (Å²) in [6.45, 7) is 5.96. The number of esters is 1. The molecule has 0 spiro atoms. The van der Waals surface area contributed by atoms with Crippen LogP contribution in [0.25, 0.3) is 0 Å². The number of carbonyl (C=O) groups is 2. The van der Waals surface area contributed by atoms with Gasteiger partial charge in [0, 0.05) is 11.8 Å². The third-order valence-corrected chi connectivity index (χ3v) is 2.94. The summed E-state index contributed by atoms with van der Waals surface area (Å²) in [4.78, 5) is 23.4. The van der Waals surface area contributed by atoms with E-state index in [9.17, 15) is 9.59 Å². The van der Waals surface area contributed by atoms with E-state index >= 15 is 0 Å². The van der Waals surface area contributed by atoms with Gasteiger partial charge in [0.1, 0.15) is 13.2 Å². The molecule has 1 aliphatic rings. The minimum absolute atomic E-state index is 0.269. The first-order valence-corrected chi connectivity index (χ1v) is 6.88. The zero-order valence-electron chi connectivity index (χ0n) is 12.3. The number of rotatable bonds is 4. The molecule has 0 saturated carbocycles. The lowest BCUT2D eigenvalue weighted by molar-refractivity contribution is -0.156. The number of nitrogens with one attached hydrogen (secondary N) is 1. The maximum atomic E-state index is 12.0. The lowest BCUT2D eigenvalue weighted by atomic mass is 10.2. The van der Waals surface area contributed by atoms with Gasteiger partial charge in [-0.05, 0) is 19.1 Å². The highest BCUT2D eigenvalue weighted by Gasteiger charge is 2.20. The zero-order chi connectivity index (χ0) is 15.4. The topological polar surface area (TPSA) is 73.9 Å². The van der Waals surface area contributed by atoms with Gasteiger partial charge in [-0.3, -0.25) is 9.59 Å². The first-order chi connectivity index (χ1) is 9.97. The number of amides is 1. The molecule has 1 aliphatic heterocycles. The van der Waals surface area contributed by atoms with E-state index in [4.69, 9.17) is 14.2 Å². The Hall–Kier alpha value is -2.24. The Morgan fingerprint density at radius 2 is 1.81 bits per heavy atom. The molecule has 0 aliphatic carbocycles. The fraction of sp³-hybridized carbons (Fsp3) is 0.467. The summed E-state index contributed by atoms with van der Waals surface area (Å²) in [6.07, 6.45) is -0.854. The van der Waals surface area contributed by atoms with Gasteiger partial charge in [-0.25, -0.2) is 0 Å². The summed E-state index contributed by atoms with van der Waals surface area (Å²) < 4.78 is 15.9. The van der Waals surface area contributed by atoms with Gasteiger partial charge in [-0.15, -0.1) is 0 Å². The zero-order valence-corrected chi connectivity index (χ0v) is 12.3. The van der Waals surface area contributed by atoms with Gasteiger partial charge in [0.2, 0.25) is 0 Å². The predicted octanol–water partition coefficient (Wildman–Crippen LogP) is 1.98. The number of hydrogen-bond donors (Lipinski definition) is 1. The highest BCUT2D eigenvalue weighted by atomic mass is 16.6. The van der Waals surface area contributed by atoms with Crippen molar-refractivity contribution in [2.75, 3.05) is 18.5 Å². The lowest BCUT2D eigenvalue weighted by Gasteiger charge is -2.19. The number of benzene rings is 1. The van der Waals surface area contributed by atoms with E-state index in [0.29, 0.717) is 30.4 Å². The summed E-state index contributed by atoms with van der Waals surface area (Å²) in [5.74, 6) is 0.180. The molecule has 0 saturated heterocycles. The Morgan fingerprint density at radius 3 is 2.48 bits per heavy atom. The maximum Gasteiger partial charge on any atom is 0.309 e. The summed E-state index contributed by atoms with van der Waals surface area (Å²) in [7, 11) is 0. The maximum absolute atomic E-state index is 12.0. The van der Waals surface area contributed by atoms with Crippen LogP contribution in [0.2, 0.25) is 0 Å². The molecule has 1 aromatic carbocycles. The van der Waals surface area contributed by atoms with E-state index < -0.39 is 12.1 Å². The molecule has 1 aromatic rings. The van der Waals surface area contributed by atoms with Crippen molar-refractivity contribution < 1.29 is 23.8 Å². The minimum atomic E-state index is -0.854. The highest BCUT2D eigenvalue weighted by molar-refractivity contribution is 5.95. The molecule has 1 atom stereocenters. The molecule has 6 nitrogen and oxygen atoms in total. The number of carbonyl (C=O) groups excluding carboxylic acids is 2. The van der Waals surface area contributed by atoms with E-state index in [1.54, 1.807) is 32.0 Å². The highest BCUT2D eigenvalue weighted by Crippen LogP contribution is 2.32. The van der Waals surface area contributed by atoms with Gasteiger partial charge < -0.3 is 19.5 Å². The molecule has 1 amide bonds. The van der Waals surface area contributed by atoms with Gasteiger partial charge >= 0.3 is 5.97 Å². The predicted molar refractivity (Wildman–Crippen MR) is 76.5 cm³/mol. The van der Waals surface area contributed by atoms with Crippen molar-refractivity contribution in [3.05, 3.63) is 18.2 Å². The average Bonchev–Trinajstić information content (AvgIpc) is 2.46. The Balaban J connectivity index is 1.97. The van der Waals surface area contributed by atoms with Gasteiger partial charge in [0.05, 0.1) is 5.92 Å². The van der Waals surface area contributed by atoms with Crippen molar-refractivity contribution in [2.24, 2.45) is 5.92 Å². The van der Waals surface area contributed by atoms with Crippen LogP contribution < -0.4 is 14.8 Å². The summed E-state index contributed by atoms with van der Waals surface area (Å²) in [5, 5.41) is 2.68. The largest absolute Gasteiger partial charge is 0.486 e. The molecular weight excluding hydrogens is 274 g/mol. The smallest absolute Gasteiger partial charge is 0.309 e. The van der Waals surface area contributed by atoms with Gasteiger partial charge in [0.15, 0.2) is 17.6 Å². The molecule has 0 aromatic heterocycles. The van der Waals surface area contributed by atoms with Crippen LogP contribution in [0, 0.1) is 5.92 Å². The fourth-order valence-corrected chi connectivity index (χ4v) is 1.73. The molecule has 21 heavy (non-hydrogen) atoms. The van der Waals surface area contributed by atoms with E-state index in [-0.39, 0.29) is 11.8 Å². The van der Waals surface area contributed by atoms with Crippen molar-refractivity contribution in [1.82, 2.24) is 0 Å². The molecule has 114 valence electrons. The van der Waals surface area contributed by atoms with Crippen molar-refractivity contribution in [3.8, 4) is 11.5 Å². The Morgan fingerprint density at radius 1 is 1.14 bits per heavy atom. The number of anilines is 1. The monoisotopic (exact) mass is 293 g/mol. The Bertz CT molecular complexity index is 541. The normalized spacial score (nSPS) is 14.5. The first-order valence-electron chi connectivity index (χ1n) is 6.88. The third-order valence-electron chi connectivity index (χ3n) is 2.94. The average molecular weight is 293 g/mol. The molecule has 0 radical (unpaired) electrons. The van der Waals surface area contributed by atoms with E-state index in [2.05, 4.69) is 5.32 Å². The van der Waals surface area contributed by atoms with Crippen LogP contribution in [0.5, 0.6) is 11.5 Å².